The van der Waals surface area contributed by atoms with E-state index >= 15 is 0 Å². The molecule has 4 nitrogen and oxygen atoms in total. The van der Waals surface area contributed by atoms with Crippen molar-refractivity contribution in [2.45, 2.75) is 24.1 Å². The number of thiol groups is 1. The standard InChI is InChI=1S/C7H14N4S/c8-10-7-5(12)2-1-4-3-9-11-6(4)7/h5,7,9-12H,1-3,8H2. The van der Waals surface area contributed by atoms with Gasteiger partial charge in [0.1, 0.15) is 0 Å². The van der Waals surface area contributed by atoms with Gasteiger partial charge in [0.25, 0.3) is 0 Å². The van der Waals surface area contributed by atoms with Crippen molar-refractivity contribution in [2.24, 2.45) is 5.84 Å². The van der Waals surface area contributed by atoms with Crippen LogP contribution in [0.15, 0.2) is 11.3 Å². The Kier molecular flexibility index (Phi) is 2.27. The zero-order valence-corrected chi connectivity index (χ0v) is 7.70. The summed E-state index contributed by atoms with van der Waals surface area (Å²) in [4.78, 5) is 0. The summed E-state index contributed by atoms with van der Waals surface area (Å²) in [5.74, 6) is 5.45. The van der Waals surface area contributed by atoms with Gasteiger partial charge in [0, 0.05) is 17.5 Å². The first-order chi connectivity index (χ1) is 5.83. The lowest BCUT2D eigenvalue weighted by atomic mass is 9.93. The molecule has 0 saturated heterocycles. The Bertz CT molecular complexity index is 215. The fraction of sp³-hybridized carbons (Fsp3) is 0.714. The van der Waals surface area contributed by atoms with Gasteiger partial charge in [0.05, 0.1) is 6.04 Å². The molecule has 0 aromatic heterocycles. The zero-order valence-electron chi connectivity index (χ0n) is 6.80. The Morgan fingerprint density at radius 3 is 3.17 bits per heavy atom. The lowest BCUT2D eigenvalue weighted by molar-refractivity contribution is 0.497. The predicted molar refractivity (Wildman–Crippen MR) is 51.3 cm³/mol. The molecule has 0 radical (unpaired) electrons. The van der Waals surface area contributed by atoms with Crippen LogP contribution in [0.1, 0.15) is 12.8 Å². The molecule has 0 amide bonds. The van der Waals surface area contributed by atoms with Crippen LogP contribution >= 0.6 is 12.6 Å². The largest absolute Gasteiger partial charge is 0.324 e. The zero-order chi connectivity index (χ0) is 8.55. The molecule has 0 saturated carbocycles. The van der Waals surface area contributed by atoms with Crippen LogP contribution in [0, 0.1) is 0 Å². The predicted octanol–water partition coefficient (Wildman–Crippen LogP) is -0.728. The van der Waals surface area contributed by atoms with Crippen molar-refractivity contribution >= 4 is 12.6 Å². The van der Waals surface area contributed by atoms with Gasteiger partial charge >= 0.3 is 0 Å². The highest BCUT2D eigenvalue weighted by Crippen LogP contribution is 2.28. The van der Waals surface area contributed by atoms with Gasteiger partial charge in [-0.05, 0) is 18.4 Å². The molecule has 0 spiro atoms. The summed E-state index contributed by atoms with van der Waals surface area (Å²) >= 11 is 4.47. The molecule has 5 N–H and O–H groups in total. The van der Waals surface area contributed by atoms with Crippen LogP contribution in [0.25, 0.3) is 0 Å². The van der Waals surface area contributed by atoms with Gasteiger partial charge < -0.3 is 5.43 Å². The Balaban J connectivity index is 2.21. The monoisotopic (exact) mass is 186 g/mol. The summed E-state index contributed by atoms with van der Waals surface area (Å²) < 4.78 is 0. The van der Waals surface area contributed by atoms with Gasteiger partial charge in [0.2, 0.25) is 0 Å². The molecule has 1 heterocycles. The Hall–Kier alpha value is -0.230. The van der Waals surface area contributed by atoms with Crippen LogP contribution in [-0.2, 0) is 0 Å². The average molecular weight is 186 g/mol. The number of nitrogens with two attached hydrogens (primary N) is 1. The third-order valence-corrected chi connectivity index (χ3v) is 3.08. The topological polar surface area (TPSA) is 62.1 Å². The van der Waals surface area contributed by atoms with Crippen molar-refractivity contribution in [2.75, 3.05) is 6.54 Å². The van der Waals surface area contributed by atoms with E-state index in [9.17, 15) is 0 Å². The molecule has 0 aromatic carbocycles. The molecular formula is C7H14N4S. The maximum atomic E-state index is 5.45. The molecule has 5 heteroatoms. The van der Waals surface area contributed by atoms with Gasteiger partial charge in [-0.2, -0.15) is 12.6 Å². The molecule has 2 rings (SSSR count). The van der Waals surface area contributed by atoms with Gasteiger partial charge in [0.15, 0.2) is 0 Å². The van der Waals surface area contributed by atoms with Crippen molar-refractivity contribution in [3.05, 3.63) is 11.3 Å². The van der Waals surface area contributed by atoms with Crippen molar-refractivity contribution in [1.29, 1.82) is 0 Å². The first kappa shape index (κ1) is 8.37. The van der Waals surface area contributed by atoms with E-state index in [0.29, 0.717) is 5.25 Å². The Labute approximate surface area is 77.3 Å². The number of hydrogen-bond donors (Lipinski definition) is 5. The second kappa shape index (κ2) is 3.26. The van der Waals surface area contributed by atoms with Crippen LogP contribution in [0.3, 0.4) is 0 Å². The summed E-state index contributed by atoms with van der Waals surface area (Å²) in [6.07, 6.45) is 2.22. The highest BCUT2D eigenvalue weighted by atomic mass is 32.1. The van der Waals surface area contributed by atoms with Crippen molar-refractivity contribution in [3.63, 3.8) is 0 Å². The third-order valence-electron chi connectivity index (χ3n) is 2.52. The van der Waals surface area contributed by atoms with E-state index in [-0.39, 0.29) is 6.04 Å². The molecule has 1 aliphatic carbocycles. The Morgan fingerprint density at radius 2 is 2.42 bits per heavy atom. The molecule has 68 valence electrons. The molecular weight excluding hydrogens is 172 g/mol. The maximum Gasteiger partial charge on any atom is 0.0736 e. The van der Waals surface area contributed by atoms with Crippen LogP contribution in [0.4, 0.5) is 0 Å². The molecule has 1 aliphatic heterocycles. The van der Waals surface area contributed by atoms with Crippen LogP contribution in [0.2, 0.25) is 0 Å². The fourth-order valence-corrected chi connectivity index (χ4v) is 2.19. The van der Waals surface area contributed by atoms with Gasteiger partial charge in [-0.3, -0.25) is 11.3 Å². The van der Waals surface area contributed by atoms with Crippen LogP contribution in [0.5, 0.6) is 0 Å². The SMILES string of the molecule is NNC1C2=C(CCC1S)CNN2. The number of hydrazine groups is 2. The minimum absolute atomic E-state index is 0.173. The van der Waals surface area contributed by atoms with Gasteiger partial charge in [-0.15, -0.1) is 0 Å². The molecule has 0 bridgehead atoms. The lowest BCUT2D eigenvalue weighted by Crippen LogP contribution is -2.48. The number of hydrogen-bond acceptors (Lipinski definition) is 5. The molecule has 0 fully saturated rings. The second-order valence-corrected chi connectivity index (χ2v) is 3.91. The minimum Gasteiger partial charge on any atom is -0.324 e. The van der Waals surface area contributed by atoms with E-state index in [0.717, 1.165) is 19.4 Å². The molecule has 2 aliphatic rings. The summed E-state index contributed by atoms with van der Waals surface area (Å²) in [6, 6.07) is 0.173. The van der Waals surface area contributed by atoms with E-state index in [2.05, 4.69) is 28.9 Å². The van der Waals surface area contributed by atoms with Crippen LogP contribution in [-0.4, -0.2) is 17.8 Å². The fourth-order valence-electron chi connectivity index (χ4n) is 1.83. The first-order valence-corrected chi connectivity index (χ1v) is 4.69. The number of nitrogens with one attached hydrogen (secondary N) is 3. The second-order valence-electron chi connectivity index (χ2n) is 3.25. The Morgan fingerprint density at radius 1 is 1.58 bits per heavy atom. The van der Waals surface area contributed by atoms with Crippen molar-refractivity contribution in [3.8, 4) is 0 Å². The van der Waals surface area contributed by atoms with Crippen molar-refractivity contribution in [1.82, 2.24) is 16.3 Å². The molecule has 2 atom stereocenters. The van der Waals surface area contributed by atoms with E-state index in [1.807, 2.05) is 0 Å². The molecule has 2 unspecified atom stereocenters. The van der Waals surface area contributed by atoms with E-state index in [1.165, 1.54) is 11.3 Å². The molecule has 0 aromatic rings. The summed E-state index contributed by atoms with van der Waals surface area (Å²) in [5.41, 5.74) is 11.6. The first-order valence-electron chi connectivity index (χ1n) is 4.18. The average Bonchev–Trinajstić information content (AvgIpc) is 2.52. The lowest BCUT2D eigenvalue weighted by Gasteiger charge is -2.28. The smallest absolute Gasteiger partial charge is 0.0736 e. The number of rotatable bonds is 1. The van der Waals surface area contributed by atoms with E-state index in [1.54, 1.807) is 0 Å². The summed E-state index contributed by atoms with van der Waals surface area (Å²) in [5, 5.41) is 0.321. The quantitative estimate of drug-likeness (QED) is 0.213. The maximum absolute atomic E-state index is 5.45. The van der Waals surface area contributed by atoms with Gasteiger partial charge in [-0.25, -0.2) is 5.43 Å². The van der Waals surface area contributed by atoms with Gasteiger partial charge in [-0.1, -0.05) is 0 Å². The normalized spacial score (nSPS) is 34.8. The molecule has 12 heavy (non-hydrogen) atoms. The van der Waals surface area contributed by atoms with E-state index in [4.69, 9.17) is 5.84 Å². The summed E-state index contributed by atoms with van der Waals surface area (Å²) in [7, 11) is 0. The minimum atomic E-state index is 0.173. The van der Waals surface area contributed by atoms with Crippen LogP contribution < -0.4 is 22.1 Å². The van der Waals surface area contributed by atoms with E-state index < -0.39 is 0 Å². The highest BCUT2D eigenvalue weighted by Gasteiger charge is 2.30. The van der Waals surface area contributed by atoms with Crippen molar-refractivity contribution < 1.29 is 0 Å². The highest BCUT2D eigenvalue weighted by molar-refractivity contribution is 7.81. The summed E-state index contributed by atoms with van der Waals surface area (Å²) in [6.45, 7) is 0.939. The third kappa shape index (κ3) is 1.22.